The van der Waals surface area contributed by atoms with E-state index in [1.54, 1.807) is 30.3 Å². The molecule has 0 N–H and O–H groups in total. The Morgan fingerprint density at radius 3 is 2.43 bits per heavy atom. The van der Waals surface area contributed by atoms with Gasteiger partial charge in [0.2, 0.25) is 0 Å². The fourth-order valence-corrected chi connectivity index (χ4v) is 2.59. The van der Waals surface area contributed by atoms with Gasteiger partial charge in [0.05, 0.1) is 17.7 Å². The Hall–Kier alpha value is -2.14. The SMILES string of the molecule is CCCOc1ccccc1/C=N\S(=O)(=O)c1ccccc1. The molecule has 0 radical (unpaired) electrons. The minimum atomic E-state index is -3.68. The Morgan fingerprint density at radius 1 is 1.05 bits per heavy atom. The molecule has 5 heteroatoms. The number of benzene rings is 2. The summed E-state index contributed by atoms with van der Waals surface area (Å²) in [6.45, 7) is 2.59. The summed E-state index contributed by atoms with van der Waals surface area (Å²) in [5.74, 6) is 0.631. The Morgan fingerprint density at radius 2 is 1.71 bits per heavy atom. The highest BCUT2D eigenvalue weighted by atomic mass is 32.2. The second-order valence-corrected chi connectivity index (χ2v) is 6.04. The Kier molecular flexibility index (Phi) is 5.11. The molecule has 0 amide bonds. The first-order chi connectivity index (χ1) is 10.1. The van der Waals surface area contributed by atoms with Gasteiger partial charge in [-0.1, -0.05) is 37.3 Å². The van der Waals surface area contributed by atoms with Gasteiger partial charge in [-0.15, -0.1) is 0 Å². The van der Waals surface area contributed by atoms with E-state index in [2.05, 4.69) is 4.40 Å². The first-order valence-electron chi connectivity index (χ1n) is 6.70. The van der Waals surface area contributed by atoms with E-state index in [9.17, 15) is 8.42 Å². The van der Waals surface area contributed by atoms with Crippen LogP contribution in [0, 0.1) is 0 Å². The van der Waals surface area contributed by atoms with E-state index in [4.69, 9.17) is 4.74 Å². The second kappa shape index (κ2) is 7.04. The average Bonchev–Trinajstić information content (AvgIpc) is 2.52. The van der Waals surface area contributed by atoms with E-state index in [1.807, 2.05) is 19.1 Å². The summed E-state index contributed by atoms with van der Waals surface area (Å²) in [5.41, 5.74) is 0.644. The second-order valence-electron chi connectivity index (χ2n) is 4.41. The van der Waals surface area contributed by atoms with E-state index in [1.165, 1.54) is 18.3 Å². The van der Waals surface area contributed by atoms with Crippen LogP contribution in [0.2, 0.25) is 0 Å². The Labute approximate surface area is 125 Å². The van der Waals surface area contributed by atoms with Crippen molar-refractivity contribution in [2.45, 2.75) is 18.2 Å². The van der Waals surface area contributed by atoms with Crippen LogP contribution < -0.4 is 4.74 Å². The number of para-hydroxylation sites is 1. The summed E-state index contributed by atoms with van der Waals surface area (Å²) in [5, 5.41) is 0. The topological polar surface area (TPSA) is 55.7 Å². The molecule has 0 spiro atoms. The molecule has 0 atom stereocenters. The van der Waals surface area contributed by atoms with E-state index < -0.39 is 10.0 Å². The van der Waals surface area contributed by atoms with Gasteiger partial charge in [-0.3, -0.25) is 0 Å². The van der Waals surface area contributed by atoms with Crippen molar-refractivity contribution in [2.75, 3.05) is 6.61 Å². The number of rotatable bonds is 6. The molecular weight excluding hydrogens is 286 g/mol. The van der Waals surface area contributed by atoms with Crippen molar-refractivity contribution in [3.05, 3.63) is 60.2 Å². The largest absolute Gasteiger partial charge is 0.493 e. The third kappa shape index (κ3) is 4.16. The molecule has 2 rings (SSSR count). The molecular formula is C16H17NO3S. The summed E-state index contributed by atoms with van der Waals surface area (Å²) in [7, 11) is -3.68. The Balaban J connectivity index is 2.25. The predicted octanol–water partition coefficient (Wildman–Crippen LogP) is 3.28. The third-order valence-corrected chi connectivity index (χ3v) is 4.00. The maximum atomic E-state index is 12.1. The number of sulfonamides is 1. The highest BCUT2D eigenvalue weighted by molar-refractivity contribution is 7.90. The normalized spacial score (nSPS) is 11.7. The van der Waals surface area contributed by atoms with Crippen molar-refractivity contribution in [3.8, 4) is 5.75 Å². The van der Waals surface area contributed by atoms with Crippen molar-refractivity contribution in [1.29, 1.82) is 0 Å². The predicted molar refractivity (Wildman–Crippen MR) is 83.4 cm³/mol. The summed E-state index contributed by atoms with van der Waals surface area (Å²) >= 11 is 0. The molecule has 0 aliphatic rings. The van der Waals surface area contributed by atoms with Gasteiger partial charge < -0.3 is 4.74 Å². The van der Waals surface area contributed by atoms with Crippen molar-refractivity contribution < 1.29 is 13.2 Å². The van der Waals surface area contributed by atoms with Gasteiger partial charge >= 0.3 is 0 Å². The van der Waals surface area contributed by atoms with Crippen LogP contribution in [-0.2, 0) is 10.0 Å². The van der Waals surface area contributed by atoms with Crippen LogP contribution >= 0.6 is 0 Å². The standard InChI is InChI=1S/C16H17NO3S/c1-2-12-20-16-11-7-6-8-14(16)13-17-21(18,19)15-9-4-3-5-10-15/h3-11,13H,2,12H2,1H3/b17-13-. The van der Waals surface area contributed by atoms with Gasteiger partial charge in [0.25, 0.3) is 10.0 Å². The molecule has 0 fully saturated rings. The van der Waals surface area contributed by atoms with E-state index in [0.29, 0.717) is 17.9 Å². The molecule has 0 unspecified atom stereocenters. The smallest absolute Gasteiger partial charge is 0.282 e. The minimum absolute atomic E-state index is 0.174. The molecule has 0 saturated carbocycles. The molecule has 21 heavy (non-hydrogen) atoms. The van der Waals surface area contributed by atoms with Crippen LogP contribution in [0.3, 0.4) is 0 Å². The van der Waals surface area contributed by atoms with Crippen LogP contribution in [-0.4, -0.2) is 21.2 Å². The summed E-state index contributed by atoms with van der Waals surface area (Å²) in [4.78, 5) is 0.174. The zero-order chi connectivity index (χ0) is 15.1. The average molecular weight is 303 g/mol. The quantitative estimate of drug-likeness (QED) is 0.769. The zero-order valence-corrected chi connectivity index (χ0v) is 12.6. The molecule has 0 heterocycles. The van der Waals surface area contributed by atoms with Gasteiger partial charge in [-0.25, -0.2) is 0 Å². The van der Waals surface area contributed by atoms with Gasteiger partial charge in [0.15, 0.2) is 0 Å². The highest BCUT2D eigenvalue weighted by Gasteiger charge is 2.11. The van der Waals surface area contributed by atoms with Gasteiger partial charge in [-0.2, -0.15) is 12.8 Å². The fraction of sp³-hybridized carbons (Fsp3) is 0.188. The Bertz CT molecular complexity index is 709. The fourth-order valence-electron chi connectivity index (χ4n) is 1.71. The summed E-state index contributed by atoms with van der Waals surface area (Å²) in [6, 6.07) is 15.4. The van der Waals surface area contributed by atoms with Crippen LogP contribution in [0.15, 0.2) is 63.9 Å². The lowest BCUT2D eigenvalue weighted by Gasteiger charge is -2.07. The first-order valence-corrected chi connectivity index (χ1v) is 8.14. The van der Waals surface area contributed by atoms with Crippen molar-refractivity contribution >= 4 is 16.2 Å². The highest BCUT2D eigenvalue weighted by Crippen LogP contribution is 2.17. The third-order valence-electron chi connectivity index (χ3n) is 2.75. The van der Waals surface area contributed by atoms with Gasteiger partial charge in [-0.05, 0) is 30.7 Å². The summed E-state index contributed by atoms with van der Waals surface area (Å²) in [6.07, 6.45) is 2.21. The summed E-state index contributed by atoms with van der Waals surface area (Å²) < 4.78 is 33.5. The van der Waals surface area contributed by atoms with Crippen molar-refractivity contribution in [2.24, 2.45) is 4.40 Å². The lowest BCUT2D eigenvalue weighted by atomic mass is 10.2. The lowest BCUT2D eigenvalue weighted by Crippen LogP contribution is -2.00. The van der Waals surface area contributed by atoms with Crippen molar-refractivity contribution in [1.82, 2.24) is 0 Å². The molecule has 0 bridgehead atoms. The molecule has 2 aromatic carbocycles. The first kappa shape index (κ1) is 15.3. The van der Waals surface area contributed by atoms with Gasteiger partial charge in [0, 0.05) is 5.56 Å². The van der Waals surface area contributed by atoms with Crippen molar-refractivity contribution in [3.63, 3.8) is 0 Å². The van der Waals surface area contributed by atoms with Crippen LogP contribution in [0.4, 0.5) is 0 Å². The molecule has 2 aromatic rings. The van der Waals surface area contributed by atoms with E-state index in [-0.39, 0.29) is 4.90 Å². The van der Waals surface area contributed by atoms with Crippen LogP contribution in [0.1, 0.15) is 18.9 Å². The van der Waals surface area contributed by atoms with Gasteiger partial charge in [0.1, 0.15) is 5.75 Å². The van der Waals surface area contributed by atoms with Crippen LogP contribution in [0.5, 0.6) is 5.75 Å². The monoisotopic (exact) mass is 303 g/mol. The zero-order valence-electron chi connectivity index (χ0n) is 11.8. The molecule has 4 nitrogen and oxygen atoms in total. The molecule has 0 saturated heterocycles. The minimum Gasteiger partial charge on any atom is -0.493 e. The maximum absolute atomic E-state index is 12.1. The number of ether oxygens (including phenoxy) is 1. The number of hydrogen-bond acceptors (Lipinski definition) is 3. The molecule has 110 valence electrons. The lowest BCUT2D eigenvalue weighted by molar-refractivity contribution is 0.317. The molecule has 0 aliphatic carbocycles. The molecule has 0 aromatic heterocycles. The van der Waals surface area contributed by atoms with E-state index >= 15 is 0 Å². The van der Waals surface area contributed by atoms with Crippen LogP contribution in [0.25, 0.3) is 0 Å². The maximum Gasteiger partial charge on any atom is 0.282 e. The number of hydrogen-bond donors (Lipinski definition) is 0. The van der Waals surface area contributed by atoms with E-state index in [0.717, 1.165) is 6.42 Å². The molecule has 0 aliphatic heterocycles. The number of nitrogens with zero attached hydrogens (tertiary/aromatic N) is 1.